The molecule has 1 heterocycles. The van der Waals surface area contributed by atoms with E-state index in [9.17, 15) is 9.90 Å². The smallest absolute Gasteiger partial charge is 0.339 e. The van der Waals surface area contributed by atoms with Crippen LogP contribution in [-0.2, 0) is 4.74 Å². The molecule has 4 heteroatoms. The summed E-state index contributed by atoms with van der Waals surface area (Å²) in [5, 5.41) is 10.1. The van der Waals surface area contributed by atoms with Gasteiger partial charge in [-0.2, -0.15) is 0 Å². The van der Waals surface area contributed by atoms with Crippen molar-refractivity contribution in [3.8, 4) is 22.6 Å². The number of ether oxygens (including phenoxy) is 2. The zero-order chi connectivity index (χ0) is 24.4. The van der Waals surface area contributed by atoms with E-state index in [0.29, 0.717) is 11.1 Å². The highest BCUT2D eigenvalue weighted by atomic mass is 16.5. The first-order chi connectivity index (χ1) is 16.9. The zero-order valence-corrected chi connectivity index (χ0v) is 19.6. The van der Waals surface area contributed by atoms with Crippen molar-refractivity contribution in [3.63, 3.8) is 0 Å². The number of carbonyl (C=O) groups is 1. The largest absolute Gasteiger partial charge is 0.508 e. The van der Waals surface area contributed by atoms with Gasteiger partial charge < -0.3 is 14.6 Å². The summed E-state index contributed by atoms with van der Waals surface area (Å²) in [6, 6.07) is 29.9. The molecule has 4 aromatic carbocycles. The van der Waals surface area contributed by atoms with E-state index < -0.39 is 12.1 Å². The molecular formula is C31H26O4. The maximum Gasteiger partial charge on any atom is 0.339 e. The van der Waals surface area contributed by atoms with Gasteiger partial charge in [0.05, 0.1) is 5.56 Å². The van der Waals surface area contributed by atoms with Gasteiger partial charge in [-0.05, 0) is 73.0 Å². The van der Waals surface area contributed by atoms with Gasteiger partial charge in [0.2, 0.25) is 0 Å². The number of aromatic hydroxyl groups is 1. The van der Waals surface area contributed by atoms with Crippen molar-refractivity contribution in [1.29, 1.82) is 0 Å². The molecule has 0 radical (unpaired) electrons. The average molecular weight is 463 g/mol. The van der Waals surface area contributed by atoms with Crippen LogP contribution in [0, 0.1) is 0 Å². The number of esters is 1. The Balaban J connectivity index is 1.45. The molecule has 35 heavy (non-hydrogen) atoms. The molecule has 5 rings (SSSR count). The second kappa shape index (κ2) is 9.15. The molecule has 0 saturated carbocycles. The molecule has 1 N–H and O–H groups in total. The van der Waals surface area contributed by atoms with Gasteiger partial charge in [-0.15, -0.1) is 0 Å². The summed E-state index contributed by atoms with van der Waals surface area (Å²) >= 11 is 0. The first-order valence-corrected chi connectivity index (χ1v) is 11.6. The van der Waals surface area contributed by atoms with E-state index in [-0.39, 0.29) is 11.4 Å². The van der Waals surface area contributed by atoms with Crippen LogP contribution in [0.5, 0.6) is 11.5 Å². The van der Waals surface area contributed by atoms with E-state index >= 15 is 0 Å². The lowest BCUT2D eigenvalue weighted by Crippen LogP contribution is -2.27. The summed E-state index contributed by atoms with van der Waals surface area (Å²) < 4.78 is 12.1. The van der Waals surface area contributed by atoms with E-state index in [0.717, 1.165) is 28.0 Å². The predicted octanol–water partition coefficient (Wildman–Crippen LogP) is 7.19. The third-order valence-corrected chi connectivity index (χ3v) is 6.00. The lowest BCUT2D eigenvalue weighted by atomic mass is 9.96. The van der Waals surface area contributed by atoms with Crippen LogP contribution in [0.1, 0.15) is 47.0 Å². The minimum Gasteiger partial charge on any atom is -0.508 e. The Hall–Kier alpha value is -4.31. The first kappa shape index (κ1) is 22.5. The second-order valence-electron chi connectivity index (χ2n) is 9.16. The molecule has 1 atom stereocenters. The van der Waals surface area contributed by atoms with Crippen LogP contribution in [0.2, 0.25) is 0 Å². The highest BCUT2D eigenvalue weighted by Crippen LogP contribution is 2.36. The number of benzene rings is 4. The Bertz CT molecular complexity index is 1390. The maximum absolute atomic E-state index is 13.2. The van der Waals surface area contributed by atoms with Crippen LogP contribution in [0.4, 0.5) is 0 Å². The molecule has 1 unspecified atom stereocenters. The van der Waals surface area contributed by atoms with Gasteiger partial charge >= 0.3 is 5.97 Å². The average Bonchev–Trinajstić information content (AvgIpc) is 2.87. The predicted molar refractivity (Wildman–Crippen MR) is 137 cm³/mol. The van der Waals surface area contributed by atoms with Crippen LogP contribution >= 0.6 is 0 Å². The van der Waals surface area contributed by atoms with Crippen molar-refractivity contribution >= 4 is 12.0 Å². The number of fused-ring (bicyclic) bond motifs is 1. The van der Waals surface area contributed by atoms with E-state index in [4.69, 9.17) is 9.47 Å². The molecule has 1 aliphatic heterocycles. The Kier molecular flexibility index (Phi) is 5.87. The van der Waals surface area contributed by atoms with E-state index in [2.05, 4.69) is 0 Å². The summed E-state index contributed by atoms with van der Waals surface area (Å²) in [5.41, 5.74) is 4.57. The summed E-state index contributed by atoms with van der Waals surface area (Å²) in [6.45, 7) is 4.00. The van der Waals surface area contributed by atoms with Crippen LogP contribution in [-0.4, -0.2) is 16.7 Å². The van der Waals surface area contributed by atoms with Crippen molar-refractivity contribution < 1.29 is 19.4 Å². The van der Waals surface area contributed by atoms with Crippen molar-refractivity contribution in [2.75, 3.05) is 0 Å². The third kappa shape index (κ3) is 4.97. The fraction of sp³-hybridized carbons (Fsp3) is 0.129. The van der Waals surface area contributed by atoms with E-state index in [1.165, 1.54) is 0 Å². The van der Waals surface area contributed by atoms with Crippen LogP contribution in [0.15, 0.2) is 103 Å². The molecule has 4 nitrogen and oxygen atoms in total. The van der Waals surface area contributed by atoms with Gasteiger partial charge in [0, 0.05) is 11.1 Å². The highest BCUT2D eigenvalue weighted by Gasteiger charge is 2.25. The molecule has 1 aliphatic rings. The Morgan fingerprint density at radius 3 is 2.29 bits per heavy atom. The summed E-state index contributed by atoms with van der Waals surface area (Å²) in [5.74, 6) is 0.445. The molecule has 4 aromatic rings. The summed E-state index contributed by atoms with van der Waals surface area (Å²) in [4.78, 5) is 13.2. The number of hydrogen-bond donors (Lipinski definition) is 1. The van der Waals surface area contributed by atoms with Crippen molar-refractivity contribution in [2.24, 2.45) is 0 Å². The minimum absolute atomic E-state index is 0.110. The van der Waals surface area contributed by atoms with Gasteiger partial charge in [0.25, 0.3) is 0 Å². The Morgan fingerprint density at radius 2 is 1.54 bits per heavy atom. The SMILES string of the molecule is CC1(C)C=Cc2cc(C(OC(=O)c3ccc(-c4ccccc4)cc3)c3cccc(O)c3)ccc2O1. The standard InChI is InChI=1S/C31H26O4/c1-31(2)18-17-24-19-26(15-16-28(24)35-31)29(25-9-6-10-27(32)20-25)34-30(33)23-13-11-22(12-14-23)21-7-4-3-5-8-21/h3-20,29,32H,1-2H3. The maximum atomic E-state index is 13.2. The minimum atomic E-state index is -0.697. The zero-order valence-electron chi connectivity index (χ0n) is 19.6. The van der Waals surface area contributed by atoms with Crippen LogP contribution in [0.3, 0.4) is 0 Å². The second-order valence-corrected chi connectivity index (χ2v) is 9.16. The highest BCUT2D eigenvalue weighted by molar-refractivity contribution is 5.90. The summed E-state index contributed by atoms with van der Waals surface area (Å²) in [7, 11) is 0. The Labute approximate surface area is 205 Å². The molecule has 0 amide bonds. The number of hydrogen-bond acceptors (Lipinski definition) is 4. The normalized spacial score (nSPS) is 14.5. The molecule has 0 bridgehead atoms. The van der Waals surface area contributed by atoms with Crippen molar-refractivity contribution in [3.05, 3.63) is 125 Å². The van der Waals surface area contributed by atoms with E-state index in [1.54, 1.807) is 30.3 Å². The lowest BCUT2D eigenvalue weighted by molar-refractivity contribution is 0.0377. The fourth-order valence-corrected chi connectivity index (χ4v) is 4.18. The number of rotatable bonds is 5. The van der Waals surface area contributed by atoms with Crippen molar-refractivity contribution in [1.82, 2.24) is 0 Å². The fourth-order valence-electron chi connectivity index (χ4n) is 4.18. The van der Waals surface area contributed by atoms with Gasteiger partial charge in [-0.3, -0.25) is 0 Å². The number of carbonyl (C=O) groups excluding carboxylic acids is 1. The first-order valence-electron chi connectivity index (χ1n) is 11.6. The Morgan fingerprint density at radius 1 is 0.829 bits per heavy atom. The molecule has 0 spiro atoms. The topological polar surface area (TPSA) is 55.8 Å². The van der Waals surface area contributed by atoms with Gasteiger partial charge in [-0.1, -0.05) is 66.7 Å². The monoisotopic (exact) mass is 462 g/mol. The molecule has 0 saturated heterocycles. The summed E-state index contributed by atoms with van der Waals surface area (Å²) in [6.07, 6.45) is 3.33. The van der Waals surface area contributed by atoms with Crippen LogP contribution in [0.25, 0.3) is 17.2 Å². The number of phenols is 1. The van der Waals surface area contributed by atoms with Gasteiger partial charge in [0.1, 0.15) is 17.1 Å². The molecule has 174 valence electrons. The third-order valence-electron chi connectivity index (χ3n) is 6.00. The quantitative estimate of drug-likeness (QED) is 0.319. The van der Waals surface area contributed by atoms with Gasteiger partial charge in [0.15, 0.2) is 6.10 Å². The van der Waals surface area contributed by atoms with Crippen molar-refractivity contribution in [2.45, 2.75) is 25.6 Å². The molecule has 0 aromatic heterocycles. The number of phenolic OH excluding ortho intramolecular Hbond substituents is 1. The molecule has 0 aliphatic carbocycles. The van der Waals surface area contributed by atoms with Gasteiger partial charge in [-0.25, -0.2) is 4.79 Å². The molecule has 0 fully saturated rings. The van der Waals surface area contributed by atoms with Crippen LogP contribution < -0.4 is 4.74 Å². The molecular weight excluding hydrogens is 436 g/mol. The van der Waals surface area contributed by atoms with E-state index in [1.807, 2.05) is 92.7 Å². The lowest BCUT2D eigenvalue weighted by Gasteiger charge is -2.28.